The lowest BCUT2D eigenvalue weighted by Crippen LogP contribution is -2.68. The van der Waals surface area contributed by atoms with Crippen molar-refractivity contribution in [1.82, 2.24) is 4.90 Å². The van der Waals surface area contributed by atoms with Crippen LogP contribution in [0.4, 0.5) is 13.6 Å². The van der Waals surface area contributed by atoms with Gasteiger partial charge < -0.3 is 9.84 Å². The van der Waals surface area contributed by atoms with E-state index in [1.165, 1.54) is 7.11 Å². The largest absolute Gasteiger partial charge is 0.453 e. The summed E-state index contributed by atoms with van der Waals surface area (Å²) in [7, 11) is 1.17. The highest BCUT2D eigenvalue weighted by molar-refractivity contribution is 5.68. The molecule has 3 atom stereocenters. The summed E-state index contributed by atoms with van der Waals surface area (Å²) in [5, 5.41) is 10.9. The van der Waals surface area contributed by atoms with Gasteiger partial charge in [0.05, 0.1) is 13.7 Å². The molecule has 6 heteroatoms. The van der Waals surface area contributed by atoms with Crippen LogP contribution < -0.4 is 0 Å². The first-order valence-corrected chi connectivity index (χ1v) is 8.33. The molecule has 1 saturated heterocycles. The summed E-state index contributed by atoms with van der Waals surface area (Å²) in [6.07, 6.45) is 0.829. The lowest BCUT2D eigenvalue weighted by atomic mass is 9.75. The first-order valence-electron chi connectivity index (χ1n) is 8.33. The molecule has 4 nitrogen and oxygen atoms in total. The average Bonchev–Trinajstić information content (AvgIpc) is 3.06. The number of methoxy groups -OCH3 is 1. The van der Waals surface area contributed by atoms with Crippen LogP contribution >= 0.6 is 0 Å². The molecule has 0 bridgehead atoms. The smallest absolute Gasteiger partial charge is 0.409 e. The van der Waals surface area contributed by atoms with Crippen molar-refractivity contribution >= 4 is 6.09 Å². The number of nitrogens with zero attached hydrogens (tertiary/aromatic N) is 1. The number of carbonyl (C=O) groups is 1. The van der Waals surface area contributed by atoms with Crippen LogP contribution in [0.3, 0.4) is 0 Å². The summed E-state index contributed by atoms with van der Waals surface area (Å²) in [6, 6.07) is 6.70. The van der Waals surface area contributed by atoms with E-state index in [1.807, 2.05) is 13.0 Å². The van der Waals surface area contributed by atoms with Gasteiger partial charge in [-0.1, -0.05) is 30.4 Å². The SMILES string of the molecule is COC(=O)N1CC(F)(F)C(O)(C#Cc2cccc(C)c2)[C@@H]2CCC[C@@H]21. The molecule has 1 N–H and O–H groups in total. The molecular formula is C19H21F2NO3. The fourth-order valence-electron chi connectivity index (χ4n) is 3.92. The van der Waals surface area contributed by atoms with Gasteiger partial charge in [0.1, 0.15) is 0 Å². The number of ether oxygens (including phenoxy) is 1. The van der Waals surface area contributed by atoms with E-state index in [-0.39, 0.29) is 0 Å². The van der Waals surface area contributed by atoms with Crippen LogP contribution in [-0.2, 0) is 4.74 Å². The first kappa shape index (κ1) is 17.7. The van der Waals surface area contributed by atoms with Crippen LogP contribution in [-0.4, -0.2) is 47.3 Å². The number of likely N-dealkylation sites (tertiary alicyclic amines) is 1. The van der Waals surface area contributed by atoms with Crippen LogP contribution in [0.5, 0.6) is 0 Å². The monoisotopic (exact) mass is 349 g/mol. The normalized spacial score (nSPS) is 30.2. The molecule has 2 aliphatic rings. The van der Waals surface area contributed by atoms with E-state index in [1.54, 1.807) is 18.2 Å². The Morgan fingerprint density at radius 3 is 2.84 bits per heavy atom. The van der Waals surface area contributed by atoms with Gasteiger partial charge in [-0.15, -0.1) is 0 Å². The van der Waals surface area contributed by atoms with Crippen molar-refractivity contribution in [3.8, 4) is 11.8 Å². The molecular weight excluding hydrogens is 328 g/mol. The van der Waals surface area contributed by atoms with Gasteiger partial charge in [-0.3, -0.25) is 4.90 Å². The van der Waals surface area contributed by atoms with Gasteiger partial charge >= 0.3 is 12.0 Å². The van der Waals surface area contributed by atoms with Crippen molar-refractivity contribution in [3.05, 3.63) is 35.4 Å². The summed E-state index contributed by atoms with van der Waals surface area (Å²) in [5.74, 6) is 0.828. The van der Waals surface area contributed by atoms with Crippen LogP contribution in [0.2, 0.25) is 0 Å². The minimum atomic E-state index is -3.54. The minimum Gasteiger partial charge on any atom is -0.453 e. The number of hydrogen-bond acceptors (Lipinski definition) is 3. The van der Waals surface area contributed by atoms with Crippen molar-refractivity contribution in [3.63, 3.8) is 0 Å². The molecule has 2 fully saturated rings. The van der Waals surface area contributed by atoms with Gasteiger partial charge in [0.15, 0.2) is 5.60 Å². The number of benzene rings is 1. The van der Waals surface area contributed by atoms with Gasteiger partial charge in [-0.25, -0.2) is 13.6 Å². The highest BCUT2D eigenvalue weighted by Crippen LogP contribution is 2.49. The standard InChI is InChI=1S/C19H21F2NO3/c1-13-5-3-6-14(11-13)9-10-18(24)15-7-4-8-16(15)22(17(23)25-2)12-19(18,20)21/h3,5-6,11,15-16,24H,4,7-8,12H2,1-2H3/t15-,16+,18?/m1/s1. The van der Waals surface area contributed by atoms with E-state index in [0.29, 0.717) is 24.8 Å². The second-order valence-electron chi connectivity index (χ2n) is 6.79. The van der Waals surface area contributed by atoms with Gasteiger partial charge in [-0.2, -0.15) is 0 Å². The maximum atomic E-state index is 14.8. The molecule has 1 aliphatic heterocycles. The van der Waals surface area contributed by atoms with E-state index < -0.39 is 36.1 Å². The lowest BCUT2D eigenvalue weighted by Gasteiger charge is -2.48. The molecule has 1 heterocycles. The van der Waals surface area contributed by atoms with E-state index in [2.05, 4.69) is 16.6 Å². The molecule has 134 valence electrons. The Hall–Kier alpha value is -2.13. The number of carbonyl (C=O) groups excluding carboxylic acids is 1. The third-order valence-electron chi connectivity index (χ3n) is 5.17. The lowest BCUT2D eigenvalue weighted by molar-refractivity contribution is -0.216. The average molecular weight is 349 g/mol. The Labute approximate surface area is 145 Å². The van der Waals surface area contributed by atoms with Crippen LogP contribution in [0.25, 0.3) is 0 Å². The van der Waals surface area contributed by atoms with Gasteiger partial charge in [0.2, 0.25) is 0 Å². The van der Waals surface area contributed by atoms with Crippen molar-refractivity contribution in [1.29, 1.82) is 0 Å². The summed E-state index contributed by atoms with van der Waals surface area (Å²) < 4.78 is 34.3. The molecule has 3 rings (SSSR count). The third-order valence-corrected chi connectivity index (χ3v) is 5.17. The maximum Gasteiger partial charge on any atom is 0.409 e. The summed E-state index contributed by atoms with van der Waals surface area (Å²) in [4.78, 5) is 12.9. The van der Waals surface area contributed by atoms with Crippen molar-refractivity contribution in [2.75, 3.05) is 13.7 Å². The highest BCUT2D eigenvalue weighted by atomic mass is 19.3. The molecule has 1 aromatic carbocycles. The van der Waals surface area contributed by atoms with E-state index in [9.17, 15) is 18.7 Å². The Morgan fingerprint density at radius 1 is 1.40 bits per heavy atom. The summed E-state index contributed by atoms with van der Waals surface area (Å²) in [6.45, 7) is 0.996. The molecule has 1 aromatic rings. The van der Waals surface area contributed by atoms with Crippen molar-refractivity contribution < 1.29 is 23.4 Å². The molecule has 1 amide bonds. The number of hydrogen-bond donors (Lipinski definition) is 1. The van der Waals surface area contributed by atoms with Gasteiger partial charge in [0, 0.05) is 17.5 Å². The van der Waals surface area contributed by atoms with E-state index >= 15 is 0 Å². The number of rotatable bonds is 0. The van der Waals surface area contributed by atoms with Gasteiger partial charge in [0.25, 0.3) is 0 Å². The molecule has 1 unspecified atom stereocenters. The van der Waals surface area contributed by atoms with Crippen molar-refractivity contribution in [2.45, 2.75) is 43.8 Å². The quantitative estimate of drug-likeness (QED) is 0.733. The fourth-order valence-corrected chi connectivity index (χ4v) is 3.92. The zero-order valence-electron chi connectivity index (χ0n) is 14.3. The third kappa shape index (κ3) is 2.98. The second-order valence-corrected chi connectivity index (χ2v) is 6.79. The maximum absolute atomic E-state index is 14.8. The minimum absolute atomic E-state index is 0.396. The van der Waals surface area contributed by atoms with E-state index in [4.69, 9.17) is 0 Å². The molecule has 0 aromatic heterocycles. The molecule has 1 saturated carbocycles. The predicted molar refractivity (Wildman–Crippen MR) is 88.2 cm³/mol. The van der Waals surface area contributed by atoms with Gasteiger partial charge in [-0.05, 0) is 37.5 Å². The summed E-state index contributed by atoms with van der Waals surface area (Å²) in [5.41, 5.74) is -0.915. The number of halogens is 2. The number of amides is 1. The number of piperidine rings is 1. The molecule has 25 heavy (non-hydrogen) atoms. The Balaban J connectivity index is 1.99. The Bertz CT molecular complexity index is 740. The second kappa shape index (κ2) is 6.30. The molecule has 0 spiro atoms. The topological polar surface area (TPSA) is 49.8 Å². The van der Waals surface area contributed by atoms with Crippen LogP contribution in [0.1, 0.15) is 30.4 Å². The number of fused-ring (bicyclic) bond motifs is 1. The Kier molecular flexibility index (Phi) is 4.46. The predicted octanol–water partition coefficient (Wildman–Crippen LogP) is 2.96. The Morgan fingerprint density at radius 2 is 2.16 bits per heavy atom. The first-order chi connectivity index (χ1) is 11.8. The van der Waals surface area contributed by atoms with Crippen LogP contribution in [0.15, 0.2) is 24.3 Å². The fraction of sp³-hybridized carbons (Fsp3) is 0.526. The number of aliphatic hydroxyl groups is 1. The van der Waals surface area contributed by atoms with Crippen molar-refractivity contribution in [2.24, 2.45) is 5.92 Å². The summed E-state index contributed by atoms with van der Waals surface area (Å²) >= 11 is 0. The number of aryl methyl sites for hydroxylation is 1. The number of alkyl halides is 2. The zero-order chi connectivity index (χ0) is 18.2. The van der Waals surface area contributed by atoms with E-state index in [0.717, 1.165) is 10.5 Å². The molecule has 0 radical (unpaired) electrons. The van der Waals surface area contributed by atoms with Crippen LogP contribution in [0, 0.1) is 24.7 Å². The highest BCUT2D eigenvalue weighted by Gasteiger charge is 2.65. The zero-order valence-corrected chi connectivity index (χ0v) is 14.3. The molecule has 1 aliphatic carbocycles.